The Kier molecular flexibility index (Phi) is 6.49. The fourth-order valence-corrected chi connectivity index (χ4v) is 2.12. The molecule has 116 valence electrons. The van der Waals surface area contributed by atoms with E-state index in [4.69, 9.17) is 21.4 Å². The van der Waals surface area contributed by atoms with E-state index in [1.54, 1.807) is 25.1 Å². The lowest BCUT2D eigenvalue weighted by molar-refractivity contribution is -0.143. The van der Waals surface area contributed by atoms with Gasteiger partial charge < -0.3 is 15.2 Å². The van der Waals surface area contributed by atoms with Crippen molar-refractivity contribution in [3.8, 4) is 5.75 Å². The van der Waals surface area contributed by atoms with Crippen LogP contribution in [0.25, 0.3) is 0 Å². The van der Waals surface area contributed by atoms with Crippen LogP contribution in [0.4, 0.5) is 0 Å². The molecule has 2 N–H and O–H groups in total. The summed E-state index contributed by atoms with van der Waals surface area (Å²) in [6.07, 6.45) is 0.698. The van der Waals surface area contributed by atoms with Crippen LogP contribution in [-0.2, 0) is 16.0 Å². The molecule has 21 heavy (non-hydrogen) atoms. The molecular weight excluding hydrogens is 294 g/mol. The van der Waals surface area contributed by atoms with Gasteiger partial charge in [-0.1, -0.05) is 37.9 Å². The fraction of sp³-hybridized carbons (Fsp3) is 0.467. The normalized spacial score (nSPS) is 13.3. The third-order valence-electron chi connectivity index (χ3n) is 3.41. The van der Waals surface area contributed by atoms with E-state index in [1.807, 2.05) is 6.92 Å². The van der Waals surface area contributed by atoms with E-state index in [0.717, 1.165) is 0 Å². The number of carboxylic acids is 1. The molecule has 5 nitrogen and oxygen atoms in total. The molecule has 1 rings (SSSR count). The zero-order chi connectivity index (χ0) is 16.0. The number of halogens is 1. The Morgan fingerprint density at radius 2 is 2.10 bits per heavy atom. The Bertz CT molecular complexity index is 518. The smallest absolute Gasteiger partial charge is 0.326 e. The van der Waals surface area contributed by atoms with Crippen LogP contribution in [0.3, 0.4) is 0 Å². The van der Waals surface area contributed by atoms with E-state index in [0.29, 0.717) is 22.8 Å². The molecule has 0 spiro atoms. The third-order valence-corrected chi connectivity index (χ3v) is 3.76. The first kappa shape index (κ1) is 17.3. The van der Waals surface area contributed by atoms with Crippen LogP contribution in [0, 0.1) is 5.92 Å². The molecule has 1 aromatic carbocycles. The lowest BCUT2D eigenvalue weighted by Crippen LogP contribution is -2.45. The molecular formula is C15H20ClNO4. The average Bonchev–Trinajstić information content (AvgIpc) is 2.45. The minimum atomic E-state index is -1.03. The van der Waals surface area contributed by atoms with Gasteiger partial charge in [-0.25, -0.2) is 4.79 Å². The molecule has 1 aromatic rings. The minimum absolute atomic E-state index is 0.0308. The summed E-state index contributed by atoms with van der Waals surface area (Å²) < 4.78 is 5.03. The van der Waals surface area contributed by atoms with Crippen LogP contribution >= 0.6 is 11.6 Å². The second kappa shape index (κ2) is 7.88. The maximum atomic E-state index is 12.0. The zero-order valence-electron chi connectivity index (χ0n) is 12.4. The highest BCUT2D eigenvalue weighted by molar-refractivity contribution is 6.31. The number of methoxy groups -OCH3 is 1. The van der Waals surface area contributed by atoms with E-state index in [-0.39, 0.29) is 18.2 Å². The van der Waals surface area contributed by atoms with Crippen molar-refractivity contribution in [2.45, 2.75) is 32.7 Å². The number of benzene rings is 1. The SMILES string of the molecule is CC[C@H](C)[C@H](NC(=O)Cc1ccc(OC)cc1Cl)C(=O)O. The van der Waals surface area contributed by atoms with Gasteiger partial charge in [0.15, 0.2) is 0 Å². The predicted octanol–water partition coefficient (Wildman–Crippen LogP) is 2.51. The number of carbonyl (C=O) groups is 2. The van der Waals surface area contributed by atoms with Crippen molar-refractivity contribution in [3.05, 3.63) is 28.8 Å². The highest BCUT2D eigenvalue weighted by Gasteiger charge is 2.25. The molecule has 1 amide bonds. The summed E-state index contributed by atoms with van der Waals surface area (Å²) in [4.78, 5) is 23.2. The van der Waals surface area contributed by atoms with Gasteiger partial charge >= 0.3 is 5.97 Å². The van der Waals surface area contributed by atoms with Crippen LogP contribution in [0.5, 0.6) is 5.75 Å². The van der Waals surface area contributed by atoms with Gasteiger partial charge in [0.1, 0.15) is 11.8 Å². The number of ether oxygens (including phenoxy) is 1. The number of hydrogen-bond donors (Lipinski definition) is 2. The van der Waals surface area contributed by atoms with Crippen molar-refractivity contribution in [1.82, 2.24) is 5.32 Å². The second-order valence-corrected chi connectivity index (χ2v) is 5.31. The highest BCUT2D eigenvalue weighted by Crippen LogP contribution is 2.22. The van der Waals surface area contributed by atoms with E-state index in [9.17, 15) is 9.59 Å². The van der Waals surface area contributed by atoms with Crippen molar-refractivity contribution >= 4 is 23.5 Å². The molecule has 0 aliphatic rings. The van der Waals surface area contributed by atoms with Crippen LogP contribution in [0.1, 0.15) is 25.8 Å². The fourth-order valence-electron chi connectivity index (χ4n) is 1.88. The monoisotopic (exact) mass is 313 g/mol. The van der Waals surface area contributed by atoms with Crippen molar-refractivity contribution in [1.29, 1.82) is 0 Å². The van der Waals surface area contributed by atoms with Gasteiger partial charge in [0.2, 0.25) is 5.91 Å². The molecule has 2 atom stereocenters. The molecule has 0 heterocycles. The molecule has 0 saturated carbocycles. The van der Waals surface area contributed by atoms with Crippen molar-refractivity contribution in [2.75, 3.05) is 7.11 Å². The lowest BCUT2D eigenvalue weighted by atomic mass is 9.99. The Labute approximate surface area is 129 Å². The van der Waals surface area contributed by atoms with Crippen LogP contribution < -0.4 is 10.1 Å². The van der Waals surface area contributed by atoms with Crippen molar-refractivity contribution < 1.29 is 19.4 Å². The van der Waals surface area contributed by atoms with E-state index < -0.39 is 12.0 Å². The first-order chi connectivity index (χ1) is 9.88. The Morgan fingerprint density at radius 1 is 1.43 bits per heavy atom. The van der Waals surface area contributed by atoms with Crippen LogP contribution in [0.2, 0.25) is 5.02 Å². The van der Waals surface area contributed by atoms with Crippen molar-refractivity contribution in [2.24, 2.45) is 5.92 Å². The zero-order valence-corrected chi connectivity index (χ0v) is 13.1. The summed E-state index contributed by atoms with van der Waals surface area (Å²) in [6, 6.07) is 4.13. The summed E-state index contributed by atoms with van der Waals surface area (Å²) in [7, 11) is 1.53. The number of hydrogen-bond acceptors (Lipinski definition) is 3. The molecule has 0 unspecified atom stereocenters. The topological polar surface area (TPSA) is 75.6 Å². The number of amides is 1. The van der Waals surface area contributed by atoms with E-state index in [1.165, 1.54) is 7.11 Å². The van der Waals surface area contributed by atoms with Crippen LogP contribution in [0.15, 0.2) is 18.2 Å². The number of nitrogens with one attached hydrogen (secondary N) is 1. The third kappa shape index (κ3) is 4.93. The maximum Gasteiger partial charge on any atom is 0.326 e. The van der Waals surface area contributed by atoms with Gasteiger partial charge in [-0.05, 0) is 23.6 Å². The van der Waals surface area contributed by atoms with Gasteiger partial charge in [0.05, 0.1) is 13.5 Å². The summed E-state index contributed by atoms with van der Waals surface area (Å²) in [5, 5.41) is 12.1. The first-order valence-corrected chi connectivity index (χ1v) is 7.11. The highest BCUT2D eigenvalue weighted by atomic mass is 35.5. The lowest BCUT2D eigenvalue weighted by Gasteiger charge is -2.20. The average molecular weight is 314 g/mol. The molecule has 6 heteroatoms. The molecule has 0 fully saturated rings. The van der Waals surface area contributed by atoms with Crippen molar-refractivity contribution in [3.63, 3.8) is 0 Å². The molecule has 0 aliphatic carbocycles. The maximum absolute atomic E-state index is 12.0. The van der Waals surface area contributed by atoms with Gasteiger partial charge in [0, 0.05) is 5.02 Å². The largest absolute Gasteiger partial charge is 0.497 e. The summed E-state index contributed by atoms with van der Waals surface area (Å²) >= 11 is 6.06. The Balaban J connectivity index is 2.74. The van der Waals surface area contributed by atoms with E-state index in [2.05, 4.69) is 5.32 Å². The molecule has 0 aromatic heterocycles. The number of carboxylic acid groups (broad SMARTS) is 1. The quantitative estimate of drug-likeness (QED) is 0.811. The molecule has 0 saturated heterocycles. The summed E-state index contributed by atoms with van der Waals surface area (Å²) in [5.74, 6) is -0.932. The van der Waals surface area contributed by atoms with E-state index >= 15 is 0 Å². The standard InChI is InChI=1S/C15H20ClNO4/c1-4-9(2)14(15(19)20)17-13(18)7-10-5-6-11(21-3)8-12(10)16/h5-6,8-9,14H,4,7H2,1-3H3,(H,17,18)(H,19,20)/t9-,14-/m0/s1. The number of carbonyl (C=O) groups excluding carboxylic acids is 1. The Morgan fingerprint density at radius 3 is 2.57 bits per heavy atom. The predicted molar refractivity (Wildman–Crippen MR) is 80.7 cm³/mol. The Hall–Kier alpha value is -1.75. The minimum Gasteiger partial charge on any atom is -0.497 e. The molecule has 0 bridgehead atoms. The van der Waals surface area contributed by atoms with Crippen LogP contribution in [-0.4, -0.2) is 30.1 Å². The van der Waals surface area contributed by atoms with Gasteiger partial charge in [-0.15, -0.1) is 0 Å². The molecule has 0 radical (unpaired) electrons. The number of aliphatic carboxylic acids is 1. The summed E-state index contributed by atoms with van der Waals surface area (Å²) in [6.45, 7) is 3.67. The number of rotatable bonds is 7. The van der Waals surface area contributed by atoms with Gasteiger partial charge in [0.25, 0.3) is 0 Å². The first-order valence-electron chi connectivity index (χ1n) is 6.73. The van der Waals surface area contributed by atoms with Gasteiger partial charge in [-0.3, -0.25) is 4.79 Å². The van der Waals surface area contributed by atoms with Gasteiger partial charge in [-0.2, -0.15) is 0 Å². The molecule has 0 aliphatic heterocycles. The summed E-state index contributed by atoms with van der Waals surface area (Å²) in [5.41, 5.74) is 0.628. The second-order valence-electron chi connectivity index (χ2n) is 4.90.